The van der Waals surface area contributed by atoms with Crippen LogP contribution in [0, 0.1) is 10.8 Å². The van der Waals surface area contributed by atoms with Crippen molar-refractivity contribution in [3.8, 4) is 0 Å². The van der Waals surface area contributed by atoms with Gasteiger partial charge >= 0.3 is 0 Å². The van der Waals surface area contributed by atoms with Gasteiger partial charge in [0.1, 0.15) is 5.70 Å². The summed E-state index contributed by atoms with van der Waals surface area (Å²) in [6.07, 6.45) is 5.26. The van der Waals surface area contributed by atoms with Crippen LogP contribution in [0.2, 0.25) is 0 Å². The topological polar surface area (TPSA) is 55.5 Å². The molecule has 0 aromatic heterocycles. The van der Waals surface area contributed by atoms with Gasteiger partial charge in [-0.05, 0) is 24.1 Å². The van der Waals surface area contributed by atoms with Crippen LogP contribution in [-0.2, 0) is 0 Å². The average molecular weight is 189 g/mol. The molecule has 0 saturated carbocycles. The lowest BCUT2D eigenvalue weighted by Crippen LogP contribution is -2.41. The molecule has 0 bridgehead atoms. The number of nitrogens with two attached hydrogens (primary N) is 1. The maximum Gasteiger partial charge on any atom is 0.104 e. The van der Waals surface area contributed by atoms with Gasteiger partial charge in [-0.15, -0.1) is 17.3 Å². The minimum Gasteiger partial charge on any atom is -0.322 e. The van der Waals surface area contributed by atoms with Gasteiger partial charge in [-0.2, -0.15) is 0 Å². The van der Waals surface area contributed by atoms with Crippen molar-refractivity contribution >= 4 is 12.4 Å². The van der Waals surface area contributed by atoms with E-state index in [1.165, 1.54) is 0 Å². The first kappa shape index (κ1) is 11.3. The average Bonchev–Trinajstić information content (AvgIpc) is 1.95. The van der Waals surface area contributed by atoms with E-state index in [4.69, 9.17) is 5.73 Å². The number of halogens is 1. The molecular formula is C8H13ClN2O. The van der Waals surface area contributed by atoms with Crippen molar-refractivity contribution < 1.29 is 0 Å². The molecule has 0 amide bonds. The molecule has 0 aliphatic heterocycles. The SMILES string of the molecule is CC1C=C(N=O)C=CC1(C)N.Cl. The predicted molar refractivity (Wildman–Crippen MR) is 52.0 cm³/mol. The normalized spacial score (nSPS) is 33.6. The standard InChI is InChI=1S/C8H12N2O.ClH/c1-6-5-7(10-11)3-4-8(6,2)9;/h3-6H,9H2,1-2H3;1H. The molecule has 2 unspecified atom stereocenters. The van der Waals surface area contributed by atoms with E-state index >= 15 is 0 Å². The summed E-state index contributed by atoms with van der Waals surface area (Å²) in [4.78, 5) is 10.1. The molecule has 2 N–H and O–H groups in total. The molecule has 0 radical (unpaired) electrons. The highest BCUT2D eigenvalue weighted by Crippen LogP contribution is 2.24. The molecule has 1 aliphatic rings. The molecule has 12 heavy (non-hydrogen) atoms. The van der Waals surface area contributed by atoms with Crippen LogP contribution in [0.1, 0.15) is 13.8 Å². The third-order valence-electron chi connectivity index (χ3n) is 2.12. The summed E-state index contributed by atoms with van der Waals surface area (Å²) >= 11 is 0. The molecule has 2 atom stereocenters. The maximum absolute atomic E-state index is 10.1. The van der Waals surface area contributed by atoms with E-state index in [0.717, 1.165) is 0 Å². The maximum atomic E-state index is 10.1. The summed E-state index contributed by atoms with van der Waals surface area (Å²) in [6, 6.07) is 0. The smallest absolute Gasteiger partial charge is 0.104 e. The lowest BCUT2D eigenvalue weighted by molar-refractivity contribution is 0.452. The zero-order valence-corrected chi connectivity index (χ0v) is 7.97. The van der Waals surface area contributed by atoms with Gasteiger partial charge in [-0.25, -0.2) is 0 Å². The molecule has 68 valence electrons. The lowest BCUT2D eigenvalue weighted by atomic mass is 9.84. The zero-order chi connectivity index (χ0) is 8.48. The quantitative estimate of drug-likeness (QED) is 0.640. The molecule has 4 heteroatoms. The minimum atomic E-state index is -0.339. The van der Waals surface area contributed by atoms with Crippen LogP contribution in [0.3, 0.4) is 0 Å². The highest BCUT2D eigenvalue weighted by atomic mass is 35.5. The van der Waals surface area contributed by atoms with Crippen molar-refractivity contribution in [1.29, 1.82) is 0 Å². The molecule has 1 rings (SSSR count). The van der Waals surface area contributed by atoms with Gasteiger partial charge in [0.2, 0.25) is 0 Å². The van der Waals surface area contributed by atoms with E-state index in [9.17, 15) is 4.91 Å². The van der Waals surface area contributed by atoms with Crippen LogP contribution in [0.25, 0.3) is 0 Å². The van der Waals surface area contributed by atoms with Gasteiger partial charge in [-0.1, -0.05) is 19.1 Å². The molecular weight excluding hydrogens is 176 g/mol. The van der Waals surface area contributed by atoms with Crippen LogP contribution < -0.4 is 5.73 Å². The van der Waals surface area contributed by atoms with Crippen LogP contribution in [0.5, 0.6) is 0 Å². The van der Waals surface area contributed by atoms with E-state index in [1.807, 2.05) is 19.9 Å². The van der Waals surface area contributed by atoms with Crippen molar-refractivity contribution in [2.24, 2.45) is 16.8 Å². The highest BCUT2D eigenvalue weighted by Gasteiger charge is 2.24. The fraction of sp³-hybridized carbons (Fsp3) is 0.500. The van der Waals surface area contributed by atoms with Gasteiger partial charge in [-0.3, -0.25) is 0 Å². The fourth-order valence-corrected chi connectivity index (χ4v) is 0.969. The Hall–Kier alpha value is -0.670. The van der Waals surface area contributed by atoms with Crippen molar-refractivity contribution in [1.82, 2.24) is 0 Å². The van der Waals surface area contributed by atoms with Crippen LogP contribution in [0.4, 0.5) is 0 Å². The number of allylic oxidation sites excluding steroid dienone is 1. The Morgan fingerprint density at radius 3 is 2.67 bits per heavy atom. The summed E-state index contributed by atoms with van der Waals surface area (Å²) in [6.45, 7) is 3.89. The number of rotatable bonds is 1. The molecule has 0 aromatic rings. The lowest BCUT2D eigenvalue weighted by Gasteiger charge is -2.28. The largest absolute Gasteiger partial charge is 0.322 e. The Kier molecular flexibility index (Phi) is 3.61. The first-order valence-corrected chi connectivity index (χ1v) is 3.59. The van der Waals surface area contributed by atoms with Gasteiger partial charge in [0.25, 0.3) is 0 Å². The highest BCUT2D eigenvalue weighted by molar-refractivity contribution is 5.85. The Morgan fingerprint density at radius 2 is 2.25 bits per heavy atom. The predicted octanol–water partition coefficient (Wildman–Crippen LogP) is 1.98. The van der Waals surface area contributed by atoms with Crippen molar-refractivity contribution in [2.45, 2.75) is 19.4 Å². The van der Waals surface area contributed by atoms with Crippen LogP contribution in [-0.4, -0.2) is 5.54 Å². The fourth-order valence-electron chi connectivity index (χ4n) is 0.969. The second-order valence-corrected chi connectivity index (χ2v) is 3.17. The summed E-state index contributed by atoms with van der Waals surface area (Å²) in [7, 11) is 0. The van der Waals surface area contributed by atoms with Gasteiger partial charge in [0, 0.05) is 5.54 Å². The summed E-state index contributed by atoms with van der Waals surface area (Å²) in [5.41, 5.74) is 6.00. The Balaban J connectivity index is 0.00000121. The summed E-state index contributed by atoms with van der Waals surface area (Å²) in [5.74, 6) is 0.167. The van der Waals surface area contributed by atoms with E-state index in [0.29, 0.717) is 5.70 Å². The molecule has 0 fully saturated rings. The van der Waals surface area contributed by atoms with E-state index in [1.54, 1.807) is 12.2 Å². The molecule has 3 nitrogen and oxygen atoms in total. The van der Waals surface area contributed by atoms with E-state index < -0.39 is 0 Å². The van der Waals surface area contributed by atoms with Gasteiger partial charge in [0.15, 0.2) is 0 Å². The van der Waals surface area contributed by atoms with Crippen LogP contribution >= 0.6 is 12.4 Å². The Bertz CT molecular complexity index is 233. The number of nitroso groups, excluding NO2 is 1. The number of hydrogen-bond donors (Lipinski definition) is 1. The van der Waals surface area contributed by atoms with Crippen molar-refractivity contribution in [2.75, 3.05) is 0 Å². The van der Waals surface area contributed by atoms with Crippen LogP contribution in [0.15, 0.2) is 29.1 Å². The molecule has 0 spiro atoms. The Morgan fingerprint density at radius 1 is 1.67 bits per heavy atom. The zero-order valence-electron chi connectivity index (χ0n) is 7.15. The van der Waals surface area contributed by atoms with Crippen molar-refractivity contribution in [3.63, 3.8) is 0 Å². The second kappa shape index (κ2) is 3.83. The second-order valence-electron chi connectivity index (χ2n) is 3.17. The van der Waals surface area contributed by atoms with E-state index in [-0.39, 0.29) is 23.9 Å². The van der Waals surface area contributed by atoms with Gasteiger partial charge in [0.05, 0.1) is 0 Å². The molecule has 1 aliphatic carbocycles. The molecule has 0 saturated heterocycles. The summed E-state index contributed by atoms with van der Waals surface area (Å²) < 4.78 is 0. The monoisotopic (exact) mass is 188 g/mol. The molecule has 0 aromatic carbocycles. The van der Waals surface area contributed by atoms with E-state index in [2.05, 4.69) is 5.18 Å². The summed E-state index contributed by atoms with van der Waals surface area (Å²) in [5, 5.41) is 2.83. The third kappa shape index (κ3) is 2.16. The number of nitrogens with zero attached hydrogens (tertiary/aromatic N) is 1. The Labute approximate surface area is 78.1 Å². The first-order chi connectivity index (χ1) is 5.06. The minimum absolute atomic E-state index is 0. The van der Waals surface area contributed by atoms with Gasteiger partial charge < -0.3 is 5.73 Å². The van der Waals surface area contributed by atoms with Crippen molar-refractivity contribution in [3.05, 3.63) is 28.8 Å². The molecule has 0 heterocycles. The first-order valence-electron chi connectivity index (χ1n) is 3.59. The number of hydrogen-bond acceptors (Lipinski definition) is 3. The third-order valence-corrected chi connectivity index (χ3v) is 2.12.